The first-order valence-corrected chi connectivity index (χ1v) is 4.40. The van der Waals surface area contributed by atoms with Gasteiger partial charge in [-0.25, -0.2) is 0 Å². The van der Waals surface area contributed by atoms with E-state index in [1.807, 2.05) is 18.7 Å². The first kappa shape index (κ1) is 9.26. The van der Waals surface area contributed by atoms with Crippen molar-refractivity contribution in [3.05, 3.63) is 17.5 Å². The number of nitrogens with two attached hydrogens (primary N) is 1. The molecule has 0 aliphatic carbocycles. The highest BCUT2D eigenvalue weighted by molar-refractivity contribution is 5.17. The van der Waals surface area contributed by atoms with Crippen LogP contribution in [0.4, 0.5) is 0 Å². The molecule has 0 amide bonds. The maximum atomic E-state index is 5.71. The molecular weight excluding hydrogens is 150 g/mol. The Kier molecular flexibility index (Phi) is 2.87. The van der Waals surface area contributed by atoms with E-state index in [-0.39, 0.29) is 6.04 Å². The predicted octanol–water partition coefficient (Wildman–Crippen LogP) is 0.872. The molecular formula is C9H17N3. The Hall–Kier alpha value is -0.830. The number of aromatic nitrogens is 2. The van der Waals surface area contributed by atoms with Gasteiger partial charge < -0.3 is 5.73 Å². The molecule has 1 unspecified atom stereocenters. The zero-order valence-electron chi connectivity index (χ0n) is 8.04. The highest BCUT2D eigenvalue weighted by atomic mass is 15.2. The van der Waals surface area contributed by atoms with Gasteiger partial charge >= 0.3 is 0 Å². The van der Waals surface area contributed by atoms with E-state index in [1.54, 1.807) is 0 Å². The fraction of sp³-hybridized carbons (Fsp3) is 0.667. The summed E-state index contributed by atoms with van der Waals surface area (Å²) in [5, 5.41) is 4.36. The number of hydrogen-bond acceptors (Lipinski definition) is 2. The van der Waals surface area contributed by atoms with Gasteiger partial charge in [0.25, 0.3) is 0 Å². The van der Waals surface area contributed by atoms with E-state index in [0.717, 1.165) is 18.5 Å². The Balaban J connectivity index is 2.81. The molecule has 3 heteroatoms. The van der Waals surface area contributed by atoms with Gasteiger partial charge in [0, 0.05) is 25.7 Å². The standard InChI is InChI=1S/C9H17N3/c1-4-8-6-12(3)11-9(8)5-7(2)10/h6-7H,4-5,10H2,1-3H3. The minimum atomic E-state index is 0.199. The van der Waals surface area contributed by atoms with Crippen molar-refractivity contribution in [1.29, 1.82) is 0 Å². The van der Waals surface area contributed by atoms with Crippen LogP contribution >= 0.6 is 0 Å². The minimum Gasteiger partial charge on any atom is -0.328 e. The van der Waals surface area contributed by atoms with Crippen LogP contribution in [0.2, 0.25) is 0 Å². The van der Waals surface area contributed by atoms with E-state index in [4.69, 9.17) is 5.73 Å². The Morgan fingerprint density at radius 2 is 2.33 bits per heavy atom. The quantitative estimate of drug-likeness (QED) is 0.726. The average Bonchev–Trinajstić information content (AvgIpc) is 2.29. The first-order valence-electron chi connectivity index (χ1n) is 4.40. The van der Waals surface area contributed by atoms with Gasteiger partial charge in [-0.15, -0.1) is 0 Å². The summed E-state index contributed by atoms with van der Waals surface area (Å²) in [6.45, 7) is 4.15. The van der Waals surface area contributed by atoms with Gasteiger partial charge in [0.15, 0.2) is 0 Å². The molecule has 0 aliphatic heterocycles. The van der Waals surface area contributed by atoms with Crippen molar-refractivity contribution in [3.8, 4) is 0 Å². The van der Waals surface area contributed by atoms with Gasteiger partial charge in [0.2, 0.25) is 0 Å². The van der Waals surface area contributed by atoms with Crippen LogP contribution in [-0.2, 0) is 19.9 Å². The molecule has 0 saturated heterocycles. The van der Waals surface area contributed by atoms with Crippen LogP contribution in [0.1, 0.15) is 25.1 Å². The molecule has 68 valence electrons. The van der Waals surface area contributed by atoms with Crippen LogP contribution in [0.25, 0.3) is 0 Å². The lowest BCUT2D eigenvalue weighted by Gasteiger charge is -2.02. The smallest absolute Gasteiger partial charge is 0.0671 e. The summed E-state index contributed by atoms with van der Waals surface area (Å²) in [4.78, 5) is 0. The molecule has 3 nitrogen and oxygen atoms in total. The zero-order chi connectivity index (χ0) is 9.14. The largest absolute Gasteiger partial charge is 0.328 e. The number of nitrogens with zero attached hydrogens (tertiary/aromatic N) is 2. The van der Waals surface area contributed by atoms with Crippen molar-refractivity contribution in [2.45, 2.75) is 32.7 Å². The normalized spacial score (nSPS) is 13.3. The summed E-state index contributed by atoms with van der Waals surface area (Å²) >= 11 is 0. The summed E-state index contributed by atoms with van der Waals surface area (Å²) in [7, 11) is 1.95. The summed E-state index contributed by atoms with van der Waals surface area (Å²) in [5.74, 6) is 0. The third-order valence-corrected chi connectivity index (χ3v) is 1.89. The third-order valence-electron chi connectivity index (χ3n) is 1.89. The minimum absolute atomic E-state index is 0.199. The zero-order valence-corrected chi connectivity index (χ0v) is 8.04. The SMILES string of the molecule is CCc1cn(C)nc1CC(C)N. The second-order valence-electron chi connectivity index (χ2n) is 3.31. The van der Waals surface area contributed by atoms with E-state index >= 15 is 0 Å². The fourth-order valence-corrected chi connectivity index (χ4v) is 1.36. The van der Waals surface area contributed by atoms with Gasteiger partial charge in [0.1, 0.15) is 0 Å². The van der Waals surface area contributed by atoms with Crippen molar-refractivity contribution in [3.63, 3.8) is 0 Å². The van der Waals surface area contributed by atoms with E-state index in [9.17, 15) is 0 Å². The van der Waals surface area contributed by atoms with E-state index in [2.05, 4.69) is 18.2 Å². The molecule has 0 bridgehead atoms. The summed E-state index contributed by atoms with van der Waals surface area (Å²) in [6.07, 6.45) is 3.98. The first-order chi connectivity index (χ1) is 5.63. The molecule has 0 spiro atoms. The molecule has 1 rings (SSSR count). The van der Waals surface area contributed by atoms with Crippen molar-refractivity contribution >= 4 is 0 Å². The van der Waals surface area contributed by atoms with Gasteiger partial charge in [-0.05, 0) is 18.9 Å². The van der Waals surface area contributed by atoms with Gasteiger partial charge in [0.05, 0.1) is 5.69 Å². The summed E-state index contributed by atoms with van der Waals surface area (Å²) < 4.78 is 1.86. The highest BCUT2D eigenvalue weighted by Crippen LogP contribution is 2.08. The topological polar surface area (TPSA) is 43.8 Å². The molecule has 0 fully saturated rings. The van der Waals surface area contributed by atoms with E-state index in [0.29, 0.717) is 0 Å². The molecule has 0 radical (unpaired) electrons. The van der Waals surface area contributed by atoms with E-state index in [1.165, 1.54) is 5.56 Å². The van der Waals surface area contributed by atoms with Crippen molar-refractivity contribution in [1.82, 2.24) is 9.78 Å². The van der Waals surface area contributed by atoms with Crippen LogP contribution in [0, 0.1) is 0 Å². The summed E-state index contributed by atoms with van der Waals surface area (Å²) in [6, 6.07) is 0.199. The van der Waals surface area contributed by atoms with Gasteiger partial charge in [-0.2, -0.15) is 5.10 Å². The molecule has 0 aromatic carbocycles. The molecule has 12 heavy (non-hydrogen) atoms. The number of rotatable bonds is 3. The van der Waals surface area contributed by atoms with Crippen LogP contribution in [0.15, 0.2) is 6.20 Å². The number of hydrogen-bond donors (Lipinski definition) is 1. The second kappa shape index (κ2) is 3.72. The fourth-order valence-electron chi connectivity index (χ4n) is 1.36. The van der Waals surface area contributed by atoms with Gasteiger partial charge in [-0.3, -0.25) is 4.68 Å². The lowest BCUT2D eigenvalue weighted by Crippen LogP contribution is -2.18. The Labute approximate surface area is 73.6 Å². The van der Waals surface area contributed by atoms with Crippen molar-refractivity contribution < 1.29 is 0 Å². The second-order valence-corrected chi connectivity index (χ2v) is 3.31. The lowest BCUT2D eigenvalue weighted by molar-refractivity contribution is 0.683. The van der Waals surface area contributed by atoms with Crippen LogP contribution < -0.4 is 5.73 Å². The van der Waals surface area contributed by atoms with E-state index < -0.39 is 0 Å². The average molecular weight is 167 g/mol. The molecule has 0 aliphatic rings. The van der Waals surface area contributed by atoms with Crippen molar-refractivity contribution in [2.75, 3.05) is 0 Å². The third kappa shape index (κ3) is 2.08. The lowest BCUT2D eigenvalue weighted by atomic mass is 10.1. The van der Waals surface area contributed by atoms with Crippen LogP contribution in [0.3, 0.4) is 0 Å². The molecule has 1 heterocycles. The Morgan fingerprint density at radius 3 is 2.83 bits per heavy atom. The Morgan fingerprint density at radius 1 is 1.67 bits per heavy atom. The maximum Gasteiger partial charge on any atom is 0.0671 e. The van der Waals surface area contributed by atoms with Crippen LogP contribution in [0.5, 0.6) is 0 Å². The highest BCUT2D eigenvalue weighted by Gasteiger charge is 2.07. The monoisotopic (exact) mass is 167 g/mol. The summed E-state index contributed by atoms with van der Waals surface area (Å²) in [5.41, 5.74) is 8.17. The molecule has 1 aromatic rings. The molecule has 2 N–H and O–H groups in total. The molecule has 1 atom stereocenters. The molecule has 1 aromatic heterocycles. The maximum absolute atomic E-state index is 5.71. The Bertz CT molecular complexity index is 250. The van der Waals surface area contributed by atoms with Crippen molar-refractivity contribution in [2.24, 2.45) is 12.8 Å². The van der Waals surface area contributed by atoms with Crippen LogP contribution in [-0.4, -0.2) is 15.8 Å². The predicted molar refractivity (Wildman–Crippen MR) is 49.9 cm³/mol. The molecule has 0 saturated carbocycles. The number of aryl methyl sites for hydroxylation is 2. The van der Waals surface area contributed by atoms with Gasteiger partial charge in [-0.1, -0.05) is 6.92 Å².